The second-order valence-electron chi connectivity index (χ2n) is 5.88. The van der Waals surface area contributed by atoms with Gasteiger partial charge < -0.3 is 10.2 Å². The van der Waals surface area contributed by atoms with Crippen LogP contribution in [0, 0.1) is 0 Å². The summed E-state index contributed by atoms with van der Waals surface area (Å²) in [6, 6.07) is 7.60. The summed E-state index contributed by atoms with van der Waals surface area (Å²) in [5.74, 6) is -0.168. The second-order valence-corrected chi connectivity index (χ2v) is 7.79. The molecular formula is C16H25N3O3S. The van der Waals surface area contributed by atoms with Crippen molar-refractivity contribution in [2.45, 2.75) is 26.2 Å². The van der Waals surface area contributed by atoms with E-state index in [-0.39, 0.29) is 19.0 Å². The first-order chi connectivity index (χ1) is 10.9. The maximum absolute atomic E-state index is 12.0. The summed E-state index contributed by atoms with van der Waals surface area (Å²) in [4.78, 5) is 13.3. The number of sulfonamides is 1. The minimum atomic E-state index is -3.39. The predicted octanol–water partition coefficient (Wildman–Crippen LogP) is 1.58. The number of carbonyl (C=O) groups excluding carboxylic acids is 1. The van der Waals surface area contributed by atoms with E-state index in [1.807, 2.05) is 24.3 Å². The maximum atomic E-state index is 12.0. The summed E-state index contributed by atoms with van der Waals surface area (Å²) < 4.78 is 25.3. The van der Waals surface area contributed by atoms with Gasteiger partial charge in [0.05, 0.1) is 18.5 Å². The molecule has 6 nitrogen and oxygen atoms in total. The molecule has 1 aliphatic rings. The van der Waals surface area contributed by atoms with E-state index < -0.39 is 10.0 Å². The molecule has 0 unspecified atom stereocenters. The van der Waals surface area contributed by atoms with E-state index in [9.17, 15) is 13.2 Å². The fourth-order valence-electron chi connectivity index (χ4n) is 2.80. The third-order valence-corrected chi connectivity index (χ3v) is 5.14. The largest absolute Gasteiger partial charge is 0.372 e. The van der Waals surface area contributed by atoms with Crippen LogP contribution in [0.15, 0.2) is 24.3 Å². The third kappa shape index (κ3) is 5.13. The van der Waals surface area contributed by atoms with Crippen LogP contribution in [0.25, 0.3) is 0 Å². The van der Waals surface area contributed by atoms with Crippen LogP contribution in [-0.2, 0) is 14.8 Å². The molecule has 1 fully saturated rings. The van der Waals surface area contributed by atoms with Crippen LogP contribution < -0.4 is 14.5 Å². The van der Waals surface area contributed by atoms with Crippen LogP contribution in [0.2, 0.25) is 0 Å². The molecule has 1 heterocycles. The maximum Gasteiger partial charge on any atom is 0.232 e. The molecule has 1 aromatic carbocycles. The summed E-state index contributed by atoms with van der Waals surface area (Å²) in [7, 11) is -3.39. The van der Waals surface area contributed by atoms with E-state index in [2.05, 4.69) is 10.2 Å². The Morgan fingerprint density at radius 3 is 2.30 bits per heavy atom. The molecule has 0 aromatic heterocycles. The number of amides is 1. The van der Waals surface area contributed by atoms with Crippen LogP contribution in [-0.4, -0.2) is 46.8 Å². The zero-order valence-corrected chi connectivity index (χ0v) is 14.6. The fourth-order valence-corrected chi connectivity index (χ4v) is 3.73. The number of piperidine rings is 1. The van der Waals surface area contributed by atoms with Crippen LogP contribution in [0.1, 0.15) is 26.2 Å². The number of anilines is 2. The van der Waals surface area contributed by atoms with Crippen LogP contribution >= 0.6 is 0 Å². The van der Waals surface area contributed by atoms with E-state index in [0.29, 0.717) is 5.69 Å². The Hall–Kier alpha value is -1.76. The van der Waals surface area contributed by atoms with Gasteiger partial charge in [-0.05, 0) is 43.5 Å². The first kappa shape index (κ1) is 17.6. The molecule has 0 saturated carbocycles. The number of nitrogens with zero attached hydrogens (tertiary/aromatic N) is 2. The van der Waals surface area contributed by atoms with Gasteiger partial charge in [-0.3, -0.25) is 9.10 Å². The second kappa shape index (κ2) is 7.68. The Bertz CT molecular complexity index is 622. The molecule has 1 N–H and O–H groups in total. The molecule has 1 aliphatic heterocycles. The van der Waals surface area contributed by atoms with Gasteiger partial charge in [0.1, 0.15) is 0 Å². The minimum absolute atomic E-state index is 0.168. The van der Waals surface area contributed by atoms with Crippen molar-refractivity contribution in [2.75, 3.05) is 41.6 Å². The minimum Gasteiger partial charge on any atom is -0.372 e. The molecule has 0 aliphatic carbocycles. The topological polar surface area (TPSA) is 69.7 Å². The van der Waals surface area contributed by atoms with Gasteiger partial charge in [0.15, 0.2) is 0 Å². The summed E-state index contributed by atoms with van der Waals surface area (Å²) in [6.07, 6.45) is 4.86. The smallest absolute Gasteiger partial charge is 0.232 e. The Balaban J connectivity index is 2.10. The van der Waals surface area contributed by atoms with Crippen molar-refractivity contribution in [1.82, 2.24) is 5.32 Å². The Morgan fingerprint density at radius 1 is 1.17 bits per heavy atom. The third-order valence-electron chi connectivity index (χ3n) is 3.95. The average molecular weight is 339 g/mol. The predicted molar refractivity (Wildman–Crippen MR) is 93.4 cm³/mol. The standard InChI is InChI=1S/C16H25N3O3S/c1-14(20)17-10-13-19(23(2,21)22)16-8-6-15(7-9-16)18-11-4-3-5-12-18/h6-9H,3-5,10-13H2,1-2H3,(H,17,20). The van der Waals surface area contributed by atoms with Crippen molar-refractivity contribution in [2.24, 2.45) is 0 Å². The lowest BCUT2D eigenvalue weighted by atomic mass is 10.1. The highest BCUT2D eigenvalue weighted by molar-refractivity contribution is 7.92. The fraction of sp³-hybridized carbons (Fsp3) is 0.562. The quantitative estimate of drug-likeness (QED) is 0.854. The van der Waals surface area contributed by atoms with Crippen molar-refractivity contribution in [3.63, 3.8) is 0 Å². The molecule has 1 amide bonds. The molecule has 1 aromatic rings. The van der Waals surface area contributed by atoms with Crippen molar-refractivity contribution in [3.05, 3.63) is 24.3 Å². The van der Waals surface area contributed by atoms with Gasteiger partial charge in [-0.15, -0.1) is 0 Å². The molecular weight excluding hydrogens is 314 g/mol. The van der Waals surface area contributed by atoms with Gasteiger partial charge in [-0.2, -0.15) is 0 Å². The first-order valence-electron chi connectivity index (χ1n) is 7.95. The molecule has 0 bridgehead atoms. The molecule has 0 spiro atoms. The Morgan fingerprint density at radius 2 is 1.78 bits per heavy atom. The van der Waals surface area contributed by atoms with E-state index in [0.717, 1.165) is 18.8 Å². The van der Waals surface area contributed by atoms with Crippen LogP contribution in [0.3, 0.4) is 0 Å². The zero-order valence-electron chi connectivity index (χ0n) is 13.8. The van der Waals surface area contributed by atoms with Crippen LogP contribution in [0.4, 0.5) is 11.4 Å². The summed E-state index contributed by atoms with van der Waals surface area (Å²) in [5.41, 5.74) is 1.75. The molecule has 128 valence electrons. The lowest BCUT2D eigenvalue weighted by molar-refractivity contribution is -0.118. The van der Waals surface area contributed by atoms with E-state index in [1.54, 1.807) is 0 Å². The molecule has 7 heteroatoms. The van der Waals surface area contributed by atoms with Gasteiger partial charge >= 0.3 is 0 Å². The average Bonchev–Trinajstić information content (AvgIpc) is 2.51. The number of nitrogens with one attached hydrogen (secondary N) is 1. The van der Waals surface area contributed by atoms with Gasteiger partial charge in [-0.1, -0.05) is 0 Å². The van der Waals surface area contributed by atoms with Crippen molar-refractivity contribution >= 4 is 27.3 Å². The van der Waals surface area contributed by atoms with E-state index in [4.69, 9.17) is 0 Å². The number of benzene rings is 1. The van der Waals surface area contributed by atoms with Crippen molar-refractivity contribution in [3.8, 4) is 0 Å². The number of hydrogen-bond acceptors (Lipinski definition) is 4. The number of hydrogen-bond donors (Lipinski definition) is 1. The molecule has 23 heavy (non-hydrogen) atoms. The number of carbonyl (C=O) groups is 1. The van der Waals surface area contributed by atoms with Gasteiger partial charge in [0.25, 0.3) is 0 Å². The lowest BCUT2D eigenvalue weighted by Gasteiger charge is -2.29. The van der Waals surface area contributed by atoms with Gasteiger partial charge in [0, 0.05) is 32.2 Å². The van der Waals surface area contributed by atoms with Crippen LogP contribution in [0.5, 0.6) is 0 Å². The number of rotatable bonds is 6. The van der Waals surface area contributed by atoms with Gasteiger partial charge in [-0.25, -0.2) is 8.42 Å². The highest BCUT2D eigenvalue weighted by Crippen LogP contribution is 2.24. The molecule has 0 atom stereocenters. The summed E-state index contributed by atoms with van der Waals surface area (Å²) >= 11 is 0. The van der Waals surface area contributed by atoms with E-state index in [1.165, 1.54) is 36.7 Å². The monoisotopic (exact) mass is 339 g/mol. The molecule has 0 radical (unpaired) electrons. The Kier molecular flexibility index (Phi) is 5.87. The summed E-state index contributed by atoms with van der Waals surface area (Å²) in [5, 5.41) is 2.63. The highest BCUT2D eigenvalue weighted by atomic mass is 32.2. The van der Waals surface area contributed by atoms with Crippen molar-refractivity contribution < 1.29 is 13.2 Å². The molecule has 1 saturated heterocycles. The lowest BCUT2D eigenvalue weighted by Crippen LogP contribution is -2.37. The van der Waals surface area contributed by atoms with Gasteiger partial charge in [0.2, 0.25) is 15.9 Å². The highest BCUT2D eigenvalue weighted by Gasteiger charge is 2.18. The normalized spacial score (nSPS) is 15.3. The van der Waals surface area contributed by atoms with Crippen molar-refractivity contribution in [1.29, 1.82) is 0 Å². The Labute approximate surface area is 138 Å². The molecule has 2 rings (SSSR count). The van der Waals surface area contributed by atoms with E-state index >= 15 is 0 Å². The SMILES string of the molecule is CC(=O)NCCN(c1ccc(N2CCCCC2)cc1)S(C)(=O)=O. The summed E-state index contributed by atoms with van der Waals surface area (Å²) in [6.45, 7) is 4.03. The first-order valence-corrected chi connectivity index (χ1v) is 9.80. The zero-order chi connectivity index (χ0) is 16.9.